The number of hydrogen-bond acceptors (Lipinski definition) is 1. The molecule has 0 aromatic heterocycles. The lowest BCUT2D eigenvalue weighted by molar-refractivity contribution is 0.101. The van der Waals surface area contributed by atoms with E-state index in [1.54, 1.807) is 0 Å². The van der Waals surface area contributed by atoms with Crippen molar-refractivity contribution in [3.05, 3.63) is 28.8 Å². The van der Waals surface area contributed by atoms with Crippen molar-refractivity contribution >= 4 is 5.69 Å². The largest absolute Gasteiger partial charge is 0.215 e. The van der Waals surface area contributed by atoms with Crippen molar-refractivity contribution < 1.29 is 5.21 Å². The van der Waals surface area contributed by atoms with Gasteiger partial charge in [-0.05, 0) is 52.7 Å². The number of anilines is 1. The van der Waals surface area contributed by atoms with Gasteiger partial charge in [-0.2, -0.15) is 0 Å². The van der Waals surface area contributed by atoms with Crippen LogP contribution in [0.4, 0.5) is 5.69 Å². The van der Waals surface area contributed by atoms with E-state index in [9.17, 15) is 5.21 Å². The molecule has 1 radical (unpaired) electrons. The molecule has 1 rings (SSSR count). The summed E-state index contributed by atoms with van der Waals surface area (Å²) in [6.07, 6.45) is 0. The van der Waals surface area contributed by atoms with Crippen molar-refractivity contribution in [2.45, 2.75) is 47.1 Å². The van der Waals surface area contributed by atoms with Gasteiger partial charge in [0.2, 0.25) is 0 Å². The van der Waals surface area contributed by atoms with Crippen LogP contribution in [0.1, 0.15) is 37.5 Å². The van der Waals surface area contributed by atoms with Gasteiger partial charge in [-0.25, -0.2) is 5.06 Å². The first kappa shape index (κ1) is 12.1. The molecule has 0 unspecified atom stereocenters. The zero-order valence-electron chi connectivity index (χ0n) is 10.5. The summed E-state index contributed by atoms with van der Waals surface area (Å²) in [6.45, 7) is 11.8. The Bertz CT molecular complexity index is 340. The fraction of sp³-hybridized carbons (Fsp3) is 0.538. The van der Waals surface area contributed by atoms with E-state index < -0.39 is 0 Å². The van der Waals surface area contributed by atoms with E-state index in [1.165, 1.54) is 5.56 Å². The van der Waals surface area contributed by atoms with Crippen LogP contribution in [0.25, 0.3) is 0 Å². The average molecular weight is 206 g/mol. The van der Waals surface area contributed by atoms with E-state index >= 15 is 0 Å². The molecule has 2 nitrogen and oxygen atoms in total. The third-order valence-electron chi connectivity index (χ3n) is 2.45. The number of aryl methyl sites for hydroxylation is 3. The number of benzene rings is 1. The van der Waals surface area contributed by atoms with Crippen LogP contribution in [-0.2, 0) is 5.21 Å². The van der Waals surface area contributed by atoms with Gasteiger partial charge in [0, 0.05) is 0 Å². The van der Waals surface area contributed by atoms with E-state index in [2.05, 4.69) is 19.1 Å². The van der Waals surface area contributed by atoms with E-state index in [4.69, 9.17) is 0 Å². The second-order valence-electron chi connectivity index (χ2n) is 5.21. The molecule has 0 atom stereocenters. The van der Waals surface area contributed by atoms with E-state index in [0.29, 0.717) is 0 Å². The maximum atomic E-state index is 12.1. The van der Waals surface area contributed by atoms with Crippen molar-refractivity contribution in [3.63, 3.8) is 0 Å². The summed E-state index contributed by atoms with van der Waals surface area (Å²) in [4.78, 5) is 0. The molecule has 0 saturated carbocycles. The van der Waals surface area contributed by atoms with Gasteiger partial charge in [0.05, 0.1) is 11.2 Å². The summed E-state index contributed by atoms with van der Waals surface area (Å²) >= 11 is 0. The van der Waals surface area contributed by atoms with Crippen LogP contribution in [0.3, 0.4) is 0 Å². The maximum Gasteiger partial charge on any atom is 0.0732 e. The second-order valence-corrected chi connectivity index (χ2v) is 5.21. The third-order valence-corrected chi connectivity index (χ3v) is 2.45. The lowest BCUT2D eigenvalue weighted by atomic mass is 10.0. The van der Waals surface area contributed by atoms with Crippen LogP contribution in [-0.4, -0.2) is 5.54 Å². The molecule has 0 aliphatic rings. The molecule has 1 aromatic rings. The van der Waals surface area contributed by atoms with Gasteiger partial charge in [-0.15, -0.1) is 0 Å². The summed E-state index contributed by atoms with van der Waals surface area (Å²) in [6, 6.07) is 4.11. The van der Waals surface area contributed by atoms with Crippen LogP contribution >= 0.6 is 0 Å². The quantitative estimate of drug-likeness (QED) is 0.644. The Kier molecular flexibility index (Phi) is 3.10. The van der Waals surface area contributed by atoms with E-state index in [0.717, 1.165) is 21.9 Å². The van der Waals surface area contributed by atoms with Gasteiger partial charge < -0.3 is 0 Å². The van der Waals surface area contributed by atoms with Crippen molar-refractivity contribution in [2.75, 3.05) is 5.06 Å². The molecular formula is C13H20NO. The molecule has 0 aliphatic carbocycles. The van der Waals surface area contributed by atoms with Gasteiger partial charge in [0.1, 0.15) is 0 Å². The van der Waals surface area contributed by atoms with Crippen LogP contribution in [0.15, 0.2) is 12.1 Å². The summed E-state index contributed by atoms with van der Waals surface area (Å²) in [5.41, 5.74) is 3.74. The summed E-state index contributed by atoms with van der Waals surface area (Å²) in [5, 5.41) is 13.2. The minimum Gasteiger partial charge on any atom is -0.215 e. The molecule has 0 spiro atoms. The predicted octanol–water partition coefficient (Wildman–Crippen LogP) is 3.56. The van der Waals surface area contributed by atoms with Gasteiger partial charge in [0.15, 0.2) is 0 Å². The van der Waals surface area contributed by atoms with Crippen molar-refractivity contribution in [1.82, 2.24) is 0 Å². The number of hydroxylamine groups is 1. The highest BCUT2D eigenvalue weighted by atomic mass is 16.5. The molecule has 0 heterocycles. The second kappa shape index (κ2) is 3.86. The molecule has 83 valence electrons. The zero-order chi connectivity index (χ0) is 11.8. The van der Waals surface area contributed by atoms with Gasteiger partial charge in [-0.3, -0.25) is 0 Å². The summed E-state index contributed by atoms with van der Waals surface area (Å²) in [7, 11) is 0. The molecule has 1 aromatic carbocycles. The minimum atomic E-state index is -0.384. The molecule has 0 aliphatic heterocycles. The van der Waals surface area contributed by atoms with Gasteiger partial charge in [0.25, 0.3) is 0 Å². The third kappa shape index (κ3) is 2.51. The van der Waals surface area contributed by atoms with Crippen LogP contribution < -0.4 is 5.06 Å². The van der Waals surface area contributed by atoms with Crippen molar-refractivity contribution in [1.29, 1.82) is 0 Å². The maximum absolute atomic E-state index is 12.1. The lowest BCUT2D eigenvalue weighted by Gasteiger charge is -2.31. The first-order valence-corrected chi connectivity index (χ1v) is 5.28. The first-order chi connectivity index (χ1) is 6.73. The molecule has 2 heteroatoms. The fourth-order valence-electron chi connectivity index (χ4n) is 1.83. The Morgan fingerprint density at radius 1 is 1.00 bits per heavy atom. The van der Waals surface area contributed by atoms with Crippen molar-refractivity contribution in [3.8, 4) is 0 Å². The first-order valence-electron chi connectivity index (χ1n) is 5.28. The normalized spacial score (nSPS) is 11.7. The minimum absolute atomic E-state index is 0.384. The Morgan fingerprint density at radius 3 is 1.73 bits per heavy atom. The highest BCUT2D eigenvalue weighted by Crippen LogP contribution is 2.30. The molecular weight excluding hydrogens is 186 g/mol. The number of nitrogens with zero attached hydrogens (tertiary/aromatic N) is 1. The molecule has 0 fully saturated rings. The van der Waals surface area contributed by atoms with Crippen LogP contribution in [0.2, 0.25) is 0 Å². The smallest absolute Gasteiger partial charge is 0.0732 e. The standard InChI is InChI=1S/C13H20NO/c1-9-7-10(2)12(11(3)8-9)14(15)13(4,5)6/h7-8H,1-6H3. The average Bonchev–Trinajstić information content (AvgIpc) is 1.99. The Morgan fingerprint density at radius 2 is 1.40 bits per heavy atom. The van der Waals surface area contributed by atoms with Gasteiger partial charge in [-0.1, -0.05) is 22.9 Å². The molecule has 0 bridgehead atoms. The summed E-state index contributed by atoms with van der Waals surface area (Å²) < 4.78 is 0. The SMILES string of the molecule is Cc1cc(C)c(N([O])C(C)(C)C)c(C)c1. The van der Waals surface area contributed by atoms with Crippen molar-refractivity contribution in [2.24, 2.45) is 0 Å². The highest BCUT2D eigenvalue weighted by molar-refractivity contribution is 5.59. The van der Waals surface area contributed by atoms with Crippen LogP contribution in [0.5, 0.6) is 0 Å². The highest BCUT2D eigenvalue weighted by Gasteiger charge is 2.24. The molecule has 0 saturated heterocycles. The Labute approximate surface area is 92.5 Å². The Balaban J connectivity index is 3.26. The van der Waals surface area contributed by atoms with E-state index in [-0.39, 0.29) is 5.54 Å². The Hall–Kier alpha value is -1.02. The molecule has 0 N–H and O–H groups in total. The fourth-order valence-corrected chi connectivity index (χ4v) is 1.83. The zero-order valence-corrected chi connectivity index (χ0v) is 10.5. The molecule has 15 heavy (non-hydrogen) atoms. The monoisotopic (exact) mass is 206 g/mol. The lowest BCUT2D eigenvalue weighted by Crippen LogP contribution is -2.38. The topological polar surface area (TPSA) is 23.1 Å². The van der Waals surface area contributed by atoms with Gasteiger partial charge >= 0.3 is 0 Å². The van der Waals surface area contributed by atoms with E-state index in [1.807, 2.05) is 34.6 Å². The number of hydrogen-bond donors (Lipinski definition) is 0. The number of rotatable bonds is 1. The predicted molar refractivity (Wildman–Crippen MR) is 63.6 cm³/mol. The molecule has 0 amide bonds. The summed E-state index contributed by atoms with van der Waals surface area (Å²) in [5.74, 6) is 0. The van der Waals surface area contributed by atoms with Crippen LogP contribution in [0, 0.1) is 20.8 Å².